The van der Waals surface area contributed by atoms with Gasteiger partial charge >= 0.3 is 6.03 Å². The lowest BCUT2D eigenvalue weighted by Gasteiger charge is -2.16. The van der Waals surface area contributed by atoms with Gasteiger partial charge in [-0.1, -0.05) is 20.8 Å². The molecule has 0 bridgehead atoms. The number of rotatable bonds is 4. The summed E-state index contributed by atoms with van der Waals surface area (Å²) < 4.78 is 0. The SMILES string of the molecule is CN(C)c1ncncc1NC(=O)NCc1nc(C(C)(C)C)cs1. The zero-order valence-corrected chi connectivity index (χ0v) is 14.9. The second-order valence-corrected chi connectivity index (χ2v) is 7.28. The summed E-state index contributed by atoms with van der Waals surface area (Å²) in [4.78, 5) is 26.5. The molecule has 0 aliphatic heterocycles. The number of anilines is 2. The van der Waals surface area contributed by atoms with Gasteiger partial charge in [0.1, 0.15) is 17.0 Å². The van der Waals surface area contributed by atoms with Crippen LogP contribution in [0.5, 0.6) is 0 Å². The molecule has 124 valence electrons. The number of carbonyl (C=O) groups is 1. The molecule has 2 N–H and O–H groups in total. The fourth-order valence-corrected chi connectivity index (χ4v) is 2.79. The highest BCUT2D eigenvalue weighted by Gasteiger charge is 2.17. The van der Waals surface area contributed by atoms with Gasteiger partial charge in [0.05, 0.1) is 18.4 Å². The third-order valence-corrected chi connectivity index (χ3v) is 3.93. The monoisotopic (exact) mass is 334 g/mol. The molecule has 0 spiro atoms. The standard InChI is InChI=1S/C15H22N6OS/c1-15(2,3)11-8-23-12(20-11)7-17-14(22)19-10-6-16-9-18-13(10)21(4)5/h6,8-9H,7H2,1-5H3,(H2,17,19,22). The van der Waals surface area contributed by atoms with Gasteiger partial charge in [-0.05, 0) is 0 Å². The number of thiazole rings is 1. The fraction of sp³-hybridized carbons (Fsp3) is 0.467. The van der Waals surface area contributed by atoms with Crippen LogP contribution in [0.15, 0.2) is 17.9 Å². The summed E-state index contributed by atoms with van der Waals surface area (Å²) in [5.74, 6) is 0.652. The maximum atomic E-state index is 12.0. The van der Waals surface area contributed by atoms with E-state index < -0.39 is 0 Å². The minimum atomic E-state index is -0.310. The van der Waals surface area contributed by atoms with Gasteiger partial charge in [0.25, 0.3) is 0 Å². The first-order valence-corrected chi connectivity index (χ1v) is 8.12. The van der Waals surface area contributed by atoms with Crippen molar-refractivity contribution in [2.45, 2.75) is 32.7 Å². The molecule has 0 saturated carbocycles. The summed E-state index contributed by atoms with van der Waals surface area (Å²) in [7, 11) is 3.71. The number of hydrogen-bond donors (Lipinski definition) is 2. The Balaban J connectivity index is 1.95. The summed E-state index contributed by atoms with van der Waals surface area (Å²) in [6, 6.07) is -0.310. The number of amides is 2. The van der Waals surface area contributed by atoms with E-state index in [0.29, 0.717) is 18.1 Å². The zero-order valence-electron chi connectivity index (χ0n) is 14.0. The fourth-order valence-electron chi connectivity index (χ4n) is 1.83. The Morgan fingerprint density at radius 3 is 2.70 bits per heavy atom. The largest absolute Gasteiger partial charge is 0.361 e. The van der Waals surface area contributed by atoms with Crippen molar-refractivity contribution in [2.75, 3.05) is 24.3 Å². The van der Waals surface area contributed by atoms with Gasteiger partial charge in [-0.15, -0.1) is 11.3 Å². The molecule has 0 fully saturated rings. The van der Waals surface area contributed by atoms with E-state index in [4.69, 9.17) is 0 Å². The second kappa shape index (κ2) is 6.91. The van der Waals surface area contributed by atoms with E-state index in [0.717, 1.165) is 10.7 Å². The topological polar surface area (TPSA) is 83.0 Å². The van der Waals surface area contributed by atoms with Crippen molar-refractivity contribution in [1.29, 1.82) is 0 Å². The van der Waals surface area contributed by atoms with Gasteiger partial charge in [0.2, 0.25) is 0 Å². The average Bonchev–Trinajstić information content (AvgIpc) is 2.94. The molecule has 0 atom stereocenters. The van der Waals surface area contributed by atoms with Crippen LogP contribution in [0, 0.1) is 0 Å². The number of urea groups is 1. The van der Waals surface area contributed by atoms with Crippen molar-refractivity contribution in [1.82, 2.24) is 20.3 Å². The summed E-state index contributed by atoms with van der Waals surface area (Å²) >= 11 is 1.55. The molecule has 7 nitrogen and oxygen atoms in total. The van der Waals surface area contributed by atoms with Crippen LogP contribution in [0.25, 0.3) is 0 Å². The van der Waals surface area contributed by atoms with Gasteiger partial charge in [-0.2, -0.15) is 0 Å². The molecule has 0 unspecified atom stereocenters. The summed E-state index contributed by atoms with van der Waals surface area (Å²) in [6.45, 7) is 6.73. The normalized spacial score (nSPS) is 11.2. The first kappa shape index (κ1) is 17.1. The molecule has 2 aromatic rings. The number of aromatic nitrogens is 3. The van der Waals surface area contributed by atoms with Crippen LogP contribution in [0.1, 0.15) is 31.5 Å². The minimum Gasteiger partial charge on any atom is -0.361 e. The maximum Gasteiger partial charge on any atom is 0.319 e. The lowest BCUT2D eigenvalue weighted by molar-refractivity contribution is 0.251. The van der Waals surface area contributed by atoms with Crippen LogP contribution < -0.4 is 15.5 Å². The second-order valence-electron chi connectivity index (χ2n) is 6.34. The van der Waals surface area contributed by atoms with Crippen LogP contribution in [0.3, 0.4) is 0 Å². The van der Waals surface area contributed by atoms with Crippen LogP contribution in [-0.2, 0) is 12.0 Å². The lowest BCUT2D eigenvalue weighted by atomic mass is 9.93. The summed E-state index contributed by atoms with van der Waals surface area (Å²) in [5.41, 5.74) is 1.61. The first-order valence-electron chi connectivity index (χ1n) is 7.24. The lowest BCUT2D eigenvalue weighted by Crippen LogP contribution is -2.29. The molecule has 2 aromatic heterocycles. The van der Waals surface area contributed by atoms with Crippen LogP contribution >= 0.6 is 11.3 Å². The molecule has 2 heterocycles. The van der Waals surface area contributed by atoms with Crippen molar-refractivity contribution in [3.63, 3.8) is 0 Å². The molecule has 23 heavy (non-hydrogen) atoms. The Labute approximate surface area is 140 Å². The predicted octanol–water partition coefficient (Wildman–Crippen LogP) is 2.62. The zero-order chi connectivity index (χ0) is 17.0. The maximum absolute atomic E-state index is 12.0. The van der Waals surface area contributed by atoms with Crippen molar-refractivity contribution in [2.24, 2.45) is 0 Å². The van der Waals surface area contributed by atoms with Crippen LogP contribution in [0.4, 0.5) is 16.3 Å². The van der Waals surface area contributed by atoms with Crippen molar-refractivity contribution in [3.8, 4) is 0 Å². The van der Waals surface area contributed by atoms with E-state index in [1.54, 1.807) is 17.5 Å². The number of carbonyl (C=O) groups excluding carboxylic acids is 1. The average molecular weight is 334 g/mol. The molecule has 8 heteroatoms. The molecule has 0 aliphatic rings. The first-order chi connectivity index (χ1) is 10.8. The molecular weight excluding hydrogens is 312 g/mol. The van der Waals surface area contributed by atoms with Crippen molar-refractivity contribution in [3.05, 3.63) is 28.6 Å². The van der Waals surface area contributed by atoms with Gasteiger partial charge < -0.3 is 15.5 Å². The van der Waals surface area contributed by atoms with Gasteiger partial charge in [-0.25, -0.2) is 19.7 Å². The van der Waals surface area contributed by atoms with Gasteiger partial charge in [0, 0.05) is 24.9 Å². The van der Waals surface area contributed by atoms with E-state index in [2.05, 4.69) is 46.4 Å². The number of hydrogen-bond acceptors (Lipinski definition) is 6. The Kier molecular flexibility index (Phi) is 5.15. The molecular formula is C15H22N6OS. The Bertz CT molecular complexity index is 677. The van der Waals surface area contributed by atoms with E-state index in [1.165, 1.54) is 6.33 Å². The summed E-state index contributed by atoms with van der Waals surface area (Å²) in [5, 5.41) is 8.47. The van der Waals surface area contributed by atoms with E-state index >= 15 is 0 Å². The molecule has 0 aromatic carbocycles. The van der Waals surface area contributed by atoms with Crippen molar-refractivity contribution >= 4 is 28.9 Å². The number of nitrogens with zero attached hydrogens (tertiary/aromatic N) is 4. The van der Waals surface area contributed by atoms with Gasteiger partial charge in [0.15, 0.2) is 5.82 Å². The minimum absolute atomic E-state index is 0.0129. The van der Waals surface area contributed by atoms with Crippen LogP contribution in [0.2, 0.25) is 0 Å². The van der Waals surface area contributed by atoms with E-state index in [1.807, 2.05) is 24.4 Å². The van der Waals surface area contributed by atoms with E-state index in [-0.39, 0.29) is 11.4 Å². The summed E-state index contributed by atoms with van der Waals surface area (Å²) in [6.07, 6.45) is 3.02. The van der Waals surface area contributed by atoms with E-state index in [9.17, 15) is 4.79 Å². The van der Waals surface area contributed by atoms with Crippen molar-refractivity contribution < 1.29 is 4.79 Å². The number of nitrogens with one attached hydrogen (secondary N) is 2. The highest BCUT2D eigenvalue weighted by atomic mass is 32.1. The Hall–Kier alpha value is -2.22. The molecule has 0 aliphatic carbocycles. The quantitative estimate of drug-likeness (QED) is 0.898. The third kappa shape index (κ3) is 4.62. The van der Waals surface area contributed by atoms with Crippen LogP contribution in [-0.4, -0.2) is 35.1 Å². The highest BCUT2D eigenvalue weighted by molar-refractivity contribution is 7.09. The highest BCUT2D eigenvalue weighted by Crippen LogP contribution is 2.24. The molecule has 0 saturated heterocycles. The predicted molar refractivity (Wildman–Crippen MR) is 93.0 cm³/mol. The molecule has 2 amide bonds. The third-order valence-electron chi connectivity index (χ3n) is 3.08. The smallest absolute Gasteiger partial charge is 0.319 e. The Morgan fingerprint density at radius 1 is 1.35 bits per heavy atom. The molecule has 0 radical (unpaired) electrons. The Morgan fingerprint density at radius 2 is 2.09 bits per heavy atom. The molecule has 2 rings (SSSR count). The van der Waals surface area contributed by atoms with Gasteiger partial charge in [-0.3, -0.25) is 0 Å².